The molecule has 0 heterocycles. The third-order valence-electron chi connectivity index (χ3n) is 15.1. The van der Waals surface area contributed by atoms with Crippen LogP contribution in [0.3, 0.4) is 0 Å². The van der Waals surface area contributed by atoms with Crippen molar-refractivity contribution in [2.75, 3.05) is 26.4 Å². The lowest BCUT2D eigenvalue weighted by atomic mass is 10.0. The maximum Gasteiger partial charge on any atom is 0.472 e. The van der Waals surface area contributed by atoms with Gasteiger partial charge in [0.05, 0.1) is 13.2 Å². The van der Waals surface area contributed by atoms with Crippen molar-refractivity contribution in [1.82, 2.24) is 0 Å². The van der Waals surface area contributed by atoms with Crippen LogP contribution >= 0.6 is 7.82 Å². The second-order valence-electron chi connectivity index (χ2n) is 22.7. The van der Waals surface area contributed by atoms with Gasteiger partial charge in [-0.1, -0.05) is 301 Å². The van der Waals surface area contributed by atoms with Crippen molar-refractivity contribution in [2.24, 2.45) is 5.73 Å². The molecule has 0 amide bonds. The van der Waals surface area contributed by atoms with E-state index in [4.69, 9.17) is 24.3 Å². The lowest BCUT2D eigenvalue weighted by molar-refractivity contribution is -0.161. The van der Waals surface area contributed by atoms with Crippen molar-refractivity contribution in [3.05, 3.63) is 24.3 Å². The van der Waals surface area contributed by atoms with Crippen LogP contribution in [0.2, 0.25) is 0 Å². The van der Waals surface area contributed by atoms with Crippen LogP contribution in [-0.2, 0) is 32.7 Å². The maximum absolute atomic E-state index is 12.7. The van der Waals surface area contributed by atoms with Gasteiger partial charge < -0.3 is 20.1 Å². The van der Waals surface area contributed by atoms with Gasteiger partial charge in [0.2, 0.25) is 0 Å². The van der Waals surface area contributed by atoms with E-state index in [2.05, 4.69) is 38.2 Å². The summed E-state index contributed by atoms with van der Waals surface area (Å²) in [6, 6.07) is 0. The van der Waals surface area contributed by atoms with Crippen molar-refractivity contribution < 1.29 is 37.6 Å². The molecular weight excluding hydrogens is 966 g/mol. The molecule has 0 bridgehead atoms. The molecule has 0 aromatic carbocycles. The first kappa shape index (κ1) is 74.5. The average molecular weight is 1090 g/mol. The molecule has 10 heteroatoms. The molecule has 0 aliphatic rings. The predicted molar refractivity (Wildman–Crippen MR) is 326 cm³/mol. The van der Waals surface area contributed by atoms with E-state index in [0.717, 1.165) is 51.4 Å². The molecule has 0 saturated carbocycles. The number of carbonyl (C=O) groups excluding carboxylic acids is 2. The molecule has 0 rings (SSSR count). The van der Waals surface area contributed by atoms with E-state index in [1.807, 2.05) is 0 Å². The molecule has 0 radical (unpaired) electrons. The Hall–Kier alpha value is -1.51. The number of hydrogen-bond donors (Lipinski definition) is 2. The molecule has 0 saturated heterocycles. The Labute approximate surface area is 472 Å². The number of phosphoric acid groups is 1. The summed E-state index contributed by atoms with van der Waals surface area (Å²) in [6.07, 6.45) is 75.9. The smallest absolute Gasteiger partial charge is 0.462 e. The van der Waals surface area contributed by atoms with Crippen LogP contribution in [0.5, 0.6) is 0 Å². The second-order valence-corrected chi connectivity index (χ2v) is 24.1. The first-order valence-corrected chi connectivity index (χ1v) is 34.8. The summed E-state index contributed by atoms with van der Waals surface area (Å²) in [5.74, 6) is -0.820. The highest BCUT2D eigenvalue weighted by Gasteiger charge is 2.26. The number of phosphoric ester groups is 1. The Morgan fingerprint density at radius 1 is 0.382 bits per heavy atom. The Morgan fingerprint density at radius 2 is 0.645 bits per heavy atom. The van der Waals surface area contributed by atoms with Gasteiger partial charge in [-0.3, -0.25) is 18.6 Å². The number of esters is 2. The Kier molecular flexibility index (Phi) is 61.4. The van der Waals surface area contributed by atoms with Crippen LogP contribution in [0.15, 0.2) is 24.3 Å². The van der Waals surface area contributed by atoms with Gasteiger partial charge in [0, 0.05) is 19.4 Å². The van der Waals surface area contributed by atoms with E-state index >= 15 is 0 Å². The SMILES string of the molecule is CCCCCCC/C=C\CCCCCCCC(=O)OCC(COP(=O)(O)OCCN)OC(=O)CCCCCCCCCCCCCCCCCCCCCCCCCCCCCCC/C=C\CCCCCCCCCC. The average Bonchev–Trinajstić information content (AvgIpc) is 3.41. The van der Waals surface area contributed by atoms with Crippen molar-refractivity contribution in [2.45, 2.75) is 360 Å². The Morgan fingerprint density at radius 3 is 0.934 bits per heavy atom. The van der Waals surface area contributed by atoms with Crippen LogP contribution in [0, 0.1) is 0 Å². The summed E-state index contributed by atoms with van der Waals surface area (Å²) >= 11 is 0. The van der Waals surface area contributed by atoms with Gasteiger partial charge in [-0.15, -0.1) is 0 Å². The van der Waals surface area contributed by atoms with Gasteiger partial charge in [-0.05, 0) is 64.2 Å². The second kappa shape index (κ2) is 62.7. The summed E-state index contributed by atoms with van der Waals surface area (Å²) in [5.41, 5.74) is 5.38. The first-order valence-electron chi connectivity index (χ1n) is 33.3. The molecule has 0 aliphatic heterocycles. The highest BCUT2D eigenvalue weighted by atomic mass is 31.2. The van der Waals surface area contributed by atoms with E-state index < -0.39 is 26.5 Å². The number of hydrogen-bond acceptors (Lipinski definition) is 8. The molecule has 3 N–H and O–H groups in total. The molecule has 2 atom stereocenters. The van der Waals surface area contributed by atoms with E-state index in [1.54, 1.807) is 0 Å². The lowest BCUT2D eigenvalue weighted by Crippen LogP contribution is -2.29. The van der Waals surface area contributed by atoms with E-state index in [9.17, 15) is 19.0 Å². The fourth-order valence-electron chi connectivity index (χ4n) is 10.1. The van der Waals surface area contributed by atoms with Gasteiger partial charge in [0.15, 0.2) is 6.10 Å². The number of nitrogens with two attached hydrogens (primary N) is 1. The van der Waals surface area contributed by atoms with Gasteiger partial charge in [0.1, 0.15) is 6.61 Å². The molecule has 76 heavy (non-hydrogen) atoms. The minimum Gasteiger partial charge on any atom is -0.462 e. The standard InChI is InChI=1S/C66H128NO8P/c1-3-5-7-9-11-13-15-17-19-20-21-22-23-24-25-26-27-28-29-30-31-32-33-34-35-36-37-38-39-40-41-42-43-44-45-47-49-51-53-55-57-59-66(69)75-64(63-74-76(70,71)73-61-60-67)62-72-65(68)58-56-54-52-50-48-46-18-16-14-12-10-8-6-4-2/h16,18,20-21,64H,3-15,17,19,22-63,67H2,1-2H3,(H,70,71)/b18-16-,21-20-. The van der Waals surface area contributed by atoms with Crippen LogP contribution < -0.4 is 5.73 Å². The fourth-order valence-corrected chi connectivity index (χ4v) is 10.9. The van der Waals surface area contributed by atoms with E-state index in [0.29, 0.717) is 6.42 Å². The zero-order valence-corrected chi connectivity index (χ0v) is 51.4. The highest BCUT2D eigenvalue weighted by molar-refractivity contribution is 7.47. The quantitative estimate of drug-likeness (QED) is 0.0264. The minimum atomic E-state index is -4.38. The molecule has 0 spiro atoms. The maximum atomic E-state index is 12.7. The Bertz CT molecular complexity index is 1290. The van der Waals surface area contributed by atoms with Gasteiger partial charge in [-0.25, -0.2) is 4.57 Å². The zero-order valence-electron chi connectivity index (χ0n) is 50.5. The molecule has 9 nitrogen and oxygen atoms in total. The molecule has 0 aliphatic carbocycles. The monoisotopic (exact) mass is 1090 g/mol. The number of allylic oxidation sites excluding steroid dienone is 4. The minimum absolute atomic E-state index is 0.0550. The molecule has 450 valence electrons. The van der Waals surface area contributed by atoms with Crippen LogP contribution in [-0.4, -0.2) is 49.3 Å². The lowest BCUT2D eigenvalue weighted by Gasteiger charge is -2.19. The van der Waals surface area contributed by atoms with Gasteiger partial charge in [0.25, 0.3) is 0 Å². The van der Waals surface area contributed by atoms with Crippen molar-refractivity contribution >= 4 is 19.8 Å². The molecule has 0 fully saturated rings. The Balaban J connectivity index is 3.69. The fraction of sp³-hybridized carbons (Fsp3) is 0.909. The van der Waals surface area contributed by atoms with Crippen LogP contribution in [0.4, 0.5) is 0 Å². The number of carbonyl (C=O) groups is 2. The topological polar surface area (TPSA) is 134 Å². The number of unbranched alkanes of at least 4 members (excludes halogenated alkanes) is 47. The third kappa shape index (κ3) is 61.7. The van der Waals surface area contributed by atoms with Crippen molar-refractivity contribution in [1.29, 1.82) is 0 Å². The molecule has 2 unspecified atom stereocenters. The summed E-state index contributed by atoms with van der Waals surface area (Å²) in [7, 11) is -4.38. The summed E-state index contributed by atoms with van der Waals surface area (Å²) in [5, 5.41) is 0. The normalized spacial score (nSPS) is 13.1. The number of ether oxygens (including phenoxy) is 2. The molecule has 0 aromatic rings. The molecular formula is C66H128NO8P. The molecule has 0 aromatic heterocycles. The third-order valence-corrected chi connectivity index (χ3v) is 16.0. The summed E-state index contributed by atoms with van der Waals surface area (Å²) in [6.45, 7) is 3.77. The van der Waals surface area contributed by atoms with Crippen LogP contribution in [0.1, 0.15) is 354 Å². The van der Waals surface area contributed by atoms with E-state index in [1.165, 1.54) is 270 Å². The zero-order chi connectivity index (χ0) is 55.2. The highest BCUT2D eigenvalue weighted by Crippen LogP contribution is 2.43. The largest absolute Gasteiger partial charge is 0.472 e. The van der Waals surface area contributed by atoms with Gasteiger partial charge in [-0.2, -0.15) is 0 Å². The van der Waals surface area contributed by atoms with Crippen molar-refractivity contribution in [3.8, 4) is 0 Å². The predicted octanol–water partition coefficient (Wildman–Crippen LogP) is 21.4. The van der Waals surface area contributed by atoms with Crippen LogP contribution in [0.25, 0.3) is 0 Å². The summed E-state index contributed by atoms with van der Waals surface area (Å²) < 4.78 is 33.0. The van der Waals surface area contributed by atoms with E-state index in [-0.39, 0.29) is 38.6 Å². The number of rotatable bonds is 64. The first-order chi connectivity index (χ1) is 37.3. The summed E-state index contributed by atoms with van der Waals surface area (Å²) in [4.78, 5) is 35.1. The van der Waals surface area contributed by atoms with Gasteiger partial charge >= 0.3 is 19.8 Å². The van der Waals surface area contributed by atoms with Crippen molar-refractivity contribution in [3.63, 3.8) is 0 Å².